The van der Waals surface area contributed by atoms with E-state index in [1.165, 1.54) is 6.92 Å². The molecule has 5 aliphatic carbocycles. The Kier molecular flexibility index (Phi) is 20.3. The number of allylic oxidation sites excluding steroid dienone is 2. The SMILES string of the molecule is C[C@@H]1O[C@@H](O[C@H]2[C@H](OC(=O)[C@]34CCC(C)(C)C[C@H]3C3=CC[C@H]5[C@@]6(C)C[C@@H]7OC(=O)[C@](CO)([C@@H]6CC[C@@]5(C)[C@]3(C)C[C@H]4O)[C@H]7O[C@@H]3O[C@H](CO[C@@H]4O[C@H](CO)[C@@H](O)[C@H](O)[C@H]4O)[C@@H](O)[C@H](O)[C@H]3O)OC[C@H](O)[C@@H]2O)[C@H](O)[C@H](O)[C@H]1O[C@@H]1OC[C@@H](O)[C@H](O[C@@H]2OC[C@](O)(CO)[C@H]2O)[C@H]1O. The highest BCUT2D eigenvalue weighted by atomic mass is 16.8. The molecule has 18 N–H and O–H groups in total. The first kappa shape index (κ1) is 73.3. The maximum Gasteiger partial charge on any atom is 0.317 e. The molecule has 33 nitrogen and oxygen atoms in total. The summed E-state index contributed by atoms with van der Waals surface area (Å²) in [4.78, 5) is 30.1. The predicted molar refractivity (Wildman–Crippen MR) is 311 cm³/mol. The highest BCUT2D eigenvalue weighted by Gasteiger charge is 2.78. The molecule has 96 heavy (non-hydrogen) atoms. The third kappa shape index (κ3) is 11.6. The van der Waals surface area contributed by atoms with Gasteiger partial charge in [0, 0.05) is 0 Å². The van der Waals surface area contributed by atoms with E-state index in [-0.39, 0.29) is 30.6 Å². The lowest BCUT2D eigenvalue weighted by Gasteiger charge is -2.71. The quantitative estimate of drug-likeness (QED) is 0.0388. The Morgan fingerprint density at radius 2 is 1.22 bits per heavy atom. The number of esters is 2. The molecule has 12 rings (SSSR count). The van der Waals surface area contributed by atoms with Crippen molar-refractivity contribution < 1.29 is 163 Å². The van der Waals surface area contributed by atoms with E-state index in [1.54, 1.807) is 0 Å². The smallest absolute Gasteiger partial charge is 0.317 e. The van der Waals surface area contributed by atoms with Crippen LogP contribution in [0.5, 0.6) is 0 Å². The average Bonchev–Trinajstić information content (AvgIpc) is 1.13. The van der Waals surface area contributed by atoms with Crippen molar-refractivity contribution in [2.24, 2.45) is 50.2 Å². The van der Waals surface area contributed by atoms with Crippen LogP contribution in [0.3, 0.4) is 0 Å². The van der Waals surface area contributed by atoms with Gasteiger partial charge < -0.3 is 153 Å². The summed E-state index contributed by atoms with van der Waals surface area (Å²) < 4.78 is 76.4. The van der Waals surface area contributed by atoms with Gasteiger partial charge >= 0.3 is 11.9 Å². The lowest BCUT2D eigenvalue weighted by molar-refractivity contribution is -0.372. The summed E-state index contributed by atoms with van der Waals surface area (Å²) in [6.07, 6.45) is -41.8. The molecule has 11 fully saturated rings. The molecule has 4 saturated carbocycles. The number of carbonyl (C=O) groups is 2. The molecule has 0 unspecified atom stereocenters. The van der Waals surface area contributed by atoms with Crippen LogP contribution in [0.4, 0.5) is 0 Å². The van der Waals surface area contributed by atoms with Crippen LogP contribution in [-0.4, -0.2) is 328 Å². The second-order valence-electron chi connectivity index (χ2n) is 30.7. The van der Waals surface area contributed by atoms with Gasteiger partial charge in [0.25, 0.3) is 0 Å². The Labute approximate surface area is 552 Å². The van der Waals surface area contributed by atoms with Crippen LogP contribution in [0.2, 0.25) is 0 Å². The minimum atomic E-state index is -2.09. The highest BCUT2D eigenvalue weighted by Crippen LogP contribution is 2.77. The number of rotatable bonds is 16. The van der Waals surface area contributed by atoms with Gasteiger partial charge in [0.05, 0.1) is 58.5 Å². The van der Waals surface area contributed by atoms with E-state index in [9.17, 15) is 96.7 Å². The summed E-state index contributed by atoms with van der Waals surface area (Å²) in [6, 6.07) is 0. The molecule has 33 heteroatoms. The minimum absolute atomic E-state index is 0.0544. The molecule has 7 heterocycles. The molecule has 0 amide bonds. The first-order chi connectivity index (χ1) is 45.1. The normalized spacial score (nSPS) is 55.4. The molecular formula is C63H98O33. The summed E-state index contributed by atoms with van der Waals surface area (Å²) in [7, 11) is 0. The Balaban J connectivity index is 0.747. The summed E-state index contributed by atoms with van der Waals surface area (Å²) in [5.41, 5.74) is -7.22. The summed E-state index contributed by atoms with van der Waals surface area (Å²) in [5.74, 6) is -3.17. The third-order valence-electron chi connectivity index (χ3n) is 24.9. The number of carbonyl (C=O) groups excluding carboxylic acids is 2. The fourth-order valence-electron chi connectivity index (χ4n) is 19.0. The van der Waals surface area contributed by atoms with Gasteiger partial charge in [-0.05, 0) is 97.7 Å². The first-order valence-corrected chi connectivity index (χ1v) is 33.4. The summed E-state index contributed by atoms with van der Waals surface area (Å²) in [5, 5.41) is 197. The zero-order valence-corrected chi connectivity index (χ0v) is 54.3. The lowest BCUT2D eigenvalue weighted by Crippen LogP contribution is -2.70. The fraction of sp³-hybridized carbons (Fsp3) is 0.937. The molecule has 0 radical (unpaired) electrons. The molecular weight excluding hydrogens is 1280 g/mol. The monoisotopic (exact) mass is 1380 g/mol. The van der Waals surface area contributed by atoms with E-state index in [1.807, 2.05) is 0 Å². The van der Waals surface area contributed by atoms with Gasteiger partial charge in [-0.25, -0.2) is 0 Å². The molecule has 0 aromatic heterocycles. The second kappa shape index (κ2) is 26.7. The molecule has 12 aliphatic rings. The van der Waals surface area contributed by atoms with Gasteiger partial charge in [-0.2, -0.15) is 0 Å². The topological polar surface area (TPSA) is 518 Å². The van der Waals surface area contributed by atoms with Crippen molar-refractivity contribution in [3.8, 4) is 0 Å². The van der Waals surface area contributed by atoms with Gasteiger partial charge in [0.2, 0.25) is 6.29 Å². The second-order valence-corrected chi connectivity index (χ2v) is 30.7. The lowest BCUT2D eigenvalue weighted by atomic mass is 9.33. The van der Waals surface area contributed by atoms with Gasteiger partial charge in [-0.15, -0.1) is 0 Å². The van der Waals surface area contributed by atoms with Crippen molar-refractivity contribution >= 4 is 11.9 Å². The van der Waals surface area contributed by atoms with E-state index in [0.717, 1.165) is 5.57 Å². The first-order valence-electron chi connectivity index (χ1n) is 33.4. The number of aliphatic hydroxyl groups is 18. The molecule has 0 aromatic carbocycles. The van der Waals surface area contributed by atoms with E-state index < -0.39 is 275 Å². The molecule has 548 valence electrons. The van der Waals surface area contributed by atoms with E-state index >= 15 is 4.79 Å². The number of hydrogen-bond donors (Lipinski definition) is 18. The highest BCUT2D eigenvalue weighted by molar-refractivity contribution is 5.82. The summed E-state index contributed by atoms with van der Waals surface area (Å²) in [6.45, 7) is 7.24. The molecule has 2 bridgehead atoms. The fourth-order valence-corrected chi connectivity index (χ4v) is 19.0. The van der Waals surface area contributed by atoms with Crippen molar-refractivity contribution in [2.75, 3.05) is 46.2 Å². The standard InChI is InChI=1S/C63H98O33/c1-23-44(92-50-43(79)45(27(68)18-84-50)93-54-47(80)61(83,20-65)22-87-54)39(75)42(78)51(88-23)94-46-34(70)26(67)17-85-53(46)96-55(81)62-12-11-57(2,3)13-25(62)24-7-8-31-58(4)14-28-48(63(21-66,56(82)91-28)32(58)9-10-59(31,5)60(24,6)15-33(62)69)95-52-41(77)38(74)36(72)30(90-52)19-86-49-40(76)37(73)35(71)29(16-64)89-49/h7,23,25-54,64-80,83H,8-22H2,1-6H3/t23-,25-,26-,27+,28-,29+,30+,31-,32+,33+,34-,35+,36+,37-,38-,39-,40+,41+,42+,43+,44-,45-,46+,47-,48-,49+,50-,51-,52-,53-,54-,58+,59+,60+,61+,62+,63+/m0/s1. The Hall–Kier alpha value is -2.48. The number of fused-ring (bicyclic) bond motifs is 10. The maximum absolute atomic E-state index is 15.6. The largest absolute Gasteiger partial charge is 0.459 e. The molecule has 7 aliphatic heterocycles. The van der Waals surface area contributed by atoms with Crippen LogP contribution in [0.1, 0.15) is 92.9 Å². The molecule has 0 spiro atoms. The van der Waals surface area contributed by atoms with Gasteiger partial charge in [-0.3, -0.25) is 9.59 Å². The van der Waals surface area contributed by atoms with Crippen molar-refractivity contribution in [3.05, 3.63) is 11.6 Å². The number of hydrogen-bond acceptors (Lipinski definition) is 33. The summed E-state index contributed by atoms with van der Waals surface area (Å²) >= 11 is 0. The third-order valence-corrected chi connectivity index (χ3v) is 24.9. The van der Waals surface area contributed by atoms with Crippen molar-refractivity contribution in [1.82, 2.24) is 0 Å². The Morgan fingerprint density at radius 1 is 0.594 bits per heavy atom. The van der Waals surface area contributed by atoms with Crippen molar-refractivity contribution in [2.45, 2.75) is 271 Å². The zero-order valence-electron chi connectivity index (χ0n) is 54.3. The van der Waals surface area contributed by atoms with Crippen LogP contribution < -0.4 is 0 Å². The maximum atomic E-state index is 15.6. The van der Waals surface area contributed by atoms with Crippen LogP contribution >= 0.6 is 0 Å². The van der Waals surface area contributed by atoms with E-state index in [4.69, 9.17) is 61.6 Å². The Morgan fingerprint density at radius 3 is 1.90 bits per heavy atom. The van der Waals surface area contributed by atoms with Crippen LogP contribution in [0.25, 0.3) is 0 Å². The van der Waals surface area contributed by atoms with E-state index in [2.05, 4.69) is 40.7 Å². The number of ether oxygens (including phenoxy) is 13. The average molecular weight is 1380 g/mol. The molecule has 7 saturated heterocycles. The van der Waals surface area contributed by atoms with Crippen LogP contribution in [0, 0.1) is 50.2 Å². The molecule has 37 atom stereocenters. The molecule has 0 aromatic rings. The Bertz CT molecular complexity index is 2820. The zero-order chi connectivity index (χ0) is 69.6. The van der Waals surface area contributed by atoms with Gasteiger partial charge in [0.15, 0.2) is 37.6 Å². The van der Waals surface area contributed by atoms with Crippen molar-refractivity contribution in [3.63, 3.8) is 0 Å². The van der Waals surface area contributed by atoms with Crippen molar-refractivity contribution in [1.29, 1.82) is 0 Å². The van der Waals surface area contributed by atoms with Crippen LogP contribution in [0.15, 0.2) is 11.6 Å². The van der Waals surface area contributed by atoms with Gasteiger partial charge in [0.1, 0.15) is 132 Å². The number of aliphatic hydroxyl groups excluding tert-OH is 17. The van der Waals surface area contributed by atoms with Crippen LogP contribution in [-0.2, 0) is 71.2 Å². The van der Waals surface area contributed by atoms with Gasteiger partial charge in [-0.1, -0.05) is 46.3 Å². The predicted octanol–water partition coefficient (Wildman–Crippen LogP) is -6.98. The van der Waals surface area contributed by atoms with E-state index in [0.29, 0.717) is 32.1 Å². The minimum Gasteiger partial charge on any atom is -0.459 e.